The summed E-state index contributed by atoms with van der Waals surface area (Å²) in [5, 5.41) is 43.4. The van der Waals surface area contributed by atoms with E-state index in [1.807, 2.05) is 0 Å². The van der Waals surface area contributed by atoms with Crippen molar-refractivity contribution in [3.05, 3.63) is 88.4 Å². The number of rotatable bonds is 5. The van der Waals surface area contributed by atoms with Crippen LogP contribution in [-0.2, 0) is 11.5 Å². The van der Waals surface area contributed by atoms with Crippen LogP contribution in [-0.4, -0.2) is 39.5 Å². The van der Waals surface area contributed by atoms with Crippen LogP contribution < -0.4 is 0 Å². The van der Waals surface area contributed by atoms with Gasteiger partial charge in [0.25, 0.3) is 0 Å². The first-order chi connectivity index (χ1) is 13.1. The topological polar surface area (TPSA) is 110 Å². The van der Waals surface area contributed by atoms with Gasteiger partial charge in [0.05, 0.1) is 37.5 Å². The molecule has 2 aromatic rings. The molecule has 2 aromatic heterocycles. The van der Waals surface area contributed by atoms with Crippen LogP contribution in [0.4, 0.5) is 0 Å². The third kappa shape index (κ3) is 2.87. The lowest BCUT2D eigenvalue weighted by molar-refractivity contribution is 0.212. The molecule has 27 heavy (non-hydrogen) atoms. The summed E-state index contributed by atoms with van der Waals surface area (Å²) in [5.74, 6) is 0.677. The number of aliphatic hydroxyl groups excluding tert-OH is 3. The molecule has 139 valence electrons. The van der Waals surface area contributed by atoms with Crippen molar-refractivity contribution in [1.82, 2.24) is 4.90 Å². The van der Waals surface area contributed by atoms with Crippen molar-refractivity contribution in [3.63, 3.8) is 0 Å². The third-order valence-electron chi connectivity index (χ3n) is 4.75. The lowest BCUT2D eigenvalue weighted by Gasteiger charge is -2.30. The maximum absolute atomic E-state index is 13.1. The number of allylic oxidation sites excluding steroid dienone is 1. The number of hydrogen-bond donors (Lipinski definition) is 3. The van der Waals surface area contributed by atoms with Gasteiger partial charge in [-0.25, -0.2) is 0 Å². The van der Waals surface area contributed by atoms with E-state index in [0.29, 0.717) is 28.2 Å². The van der Waals surface area contributed by atoms with Gasteiger partial charge in [-0.1, -0.05) is 0 Å². The van der Waals surface area contributed by atoms with Crippen LogP contribution in [0.3, 0.4) is 0 Å². The van der Waals surface area contributed by atoms with Crippen molar-refractivity contribution in [3.8, 4) is 0 Å². The molecule has 1 unspecified atom stereocenters. The highest BCUT2D eigenvalue weighted by molar-refractivity contribution is 5.64. The van der Waals surface area contributed by atoms with E-state index in [4.69, 9.17) is 8.83 Å². The molecule has 7 nitrogen and oxygen atoms in total. The first-order valence-electron chi connectivity index (χ1n) is 8.46. The van der Waals surface area contributed by atoms with E-state index >= 15 is 0 Å². The average Bonchev–Trinajstić information content (AvgIpc) is 3.40. The van der Waals surface area contributed by atoms with E-state index in [2.05, 4.69) is 0 Å². The predicted molar refractivity (Wildman–Crippen MR) is 94.3 cm³/mol. The van der Waals surface area contributed by atoms with Gasteiger partial charge in [0, 0.05) is 29.3 Å². The van der Waals surface area contributed by atoms with Gasteiger partial charge in [-0.3, -0.25) is 5.11 Å². The van der Waals surface area contributed by atoms with E-state index in [1.165, 1.54) is 23.6 Å². The quantitative estimate of drug-likeness (QED) is 0.748. The first kappa shape index (κ1) is 17.3. The Morgan fingerprint density at radius 2 is 1.89 bits per heavy atom. The van der Waals surface area contributed by atoms with Crippen LogP contribution in [0, 0.1) is 0 Å². The van der Waals surface area contributed by atoms with Crippen molar-refractivity contribution in [2.45, 2.75) is 12.5 Å². The molecule has 2 aliphatic rings. The molecule has 0 saturated carbocycles. The van der Waals surface area contributed by atoms with Gasteiger partial charge in [0.1, 0.15) is 17.3 Å². The van der Waals surface area contributed by atoms with Crippen LogP contribution >= 0.6 is 0 Å². The van der Waals surface area contributed by atoms with Gasteiger partial charge in [-0.2, -0.15) is 0 Å². The monoisotopic (exact) mass is 368 g/mol. The smallest absolute Gasteiger partial charge is 0.208 e. The molecule has 0 saturated heterocycles. The largest absolute Gasteiger partial charge is 0.506 e. The molecule has 0 bridgehead atoms. The zero-order valence-corrected chi connectivity index (χ0v) is 14.3. The van der Waals surface area contributed by atoms with Crippen molar-refractivity contribution < 1.29 is 29.3 Å². The standard InChI is InChI=1S/C20H18NO6/c22-10-16-14(7-12-3-1-5-26-12)18(24)9-21-17(11-23)15(20(25)19(16)21)8-13-4-2-6-27-13/h1-6,8-9,17,22-24H,7,10-11H2/b15-8+. The Morgan fingerprint density at radius 1 is 1.11 bits per heavy atom. The molecule has 1 atom stereocenters. The van der Waals surface area contributed by atoms with Crippen LogP contribution in [0.15, 0.2) is 85.8 Å². The van der Waals surface area contributed by atoms with Gasteiger partial charge in [-0.05, 0) is 30.3 Å². The predicted octanol–water partition coefficient (Wildman–Crippen LogP) is 2.52. The molecule has 4 heterocycles. The summed E-state index contributed by atoms with van der Waals surface area (Å²) < 4.78 is 10.6. The van der Waals surface area contributed by atoms with Crippen molar-refractivity contribution in [2.24, 2.45) is 0 Å². The Kier molecular flexibility index (Phi) is 4.39. The summed E-state index contributed by atoms with van der Waals surface area (Å²) in [7, 11) is 0. The number of aliphatic hydroxyl groups is 3. The van der Waals surface area contributed by atoms with Crippen LogP contribution in [0.5, 0.6) is 0 Å². The van der Waals surface area contributed by atoms with Crippen LogP contribution in [0.2, 0.25) is 0 Å². The Bertz CT molecular complexity index is 947. The minimum atomic E-state index is -0.675. The van der Waals surface area contributed by atoms with Gasteiger partial charge in [0.15, 0.2) is 0 Å². The minimum absolute atomic E-state index is 0.0790. The third-order valence-corrected chi connectivity index (χ3v) is 4.75. The molecule has 0 aliphatic carbocycles. The van der Waals surface area contributed by atoms with Gasteiger partial charge in [-0.15, -0.1) is 0 Å². The molecule has 2 aliphatic heterocycles. The van der Waals surface area contributed by atoms with Gasteiger partial charge in [0.2, 0.25) is 5.76 Å². The molecule has 0 spiro atoms. The average molecular weight is 368 g/mol. The molecule has 0 aromatic carbocycles. The van der Waals surface area contributed by atoms with Crippen molar-refractivity contribution in [1.29, 1.82) is 0 Å². The Labute approximate surface area is 155 Å². The highest BCUT2D eigenvalue weighted by Crippen LogP contribution is 2.42. The lowest BCUT2D eigenvalue weighted by Crippen LogP contribution is -2.33. The number of furan rings is 2. The van der Waals surface area contributed by atoms with E-state index < -0.39 is 12.6 Å². The minimum Gasteiger partial charge on any atom is -0.506 e. The number of hydrogen-bond acceptors (Lipinski definition) is 6. The molecular formula is C20H18NO6. The van der Waals surface area contributed by atoms with Gasteiger partial charge < -0.3 is 29.1 Å². The summed E-state index contributed by atoms with van der Waals surface area (Å²) in [6.45, 7) is -0.768. The summed E-state index contributed by atoms with van der Waals surface area (Å²) in [6, 6.07) is 6.21. The van der Waals surface area contributed by atoms with Crippen molar-refractivity contribution >= 4 is 6.08 Å². The van der Waals surface area contributed by atoms with E-state index in [9.17, 15) is 20.4 Å². The SMILES string of the molecule is [O]C1=C2C(CO)=C(Cc3ccco3)C(O)=CN2C(CO)/C1=C\c1ccco1. The molecule has 1 radical (unpaired) electrons. The van der Waals surface area contributed by atoms with E-state index in [0.717, 1.165) is 0 Å². The highest BCUT2D eigenvalue weighted by Gasteiger charge is 2.41. The molecule has 0 amide bonds. The fraction of sp³-hybridized carbons (Fsp3) is 0.200. The zero-order chi connectivity index (χ0) is 19.0. The summed E-state index contributed by atoms with van der Waals surface area (Å²) in [6.07, 6.45) is 6.22. The van der Waals surface area contributed by atoms with Crippen LogP contribution in [0.1, 0.15) is 11.5 Å². The fourth-order valence-corrected chi connectivity index (χ4v) is 3.50. The van der Waals surface area contributed by atoms with E-state index in [-0.39, 0.29) is 30.2 Å². The maximum Gasteiger partial charge on any atom is 0.208 e. The second-order valence-electron chi connectivity index (χ2n) is 6.28. The molecular weight excluding hydrogens is 350 g/mol. The first-order valence-corrected chi connectivity index (χ1v) is 8.46. The van der Waals surface area contributed by atoms with Crippen molar-refractivity contribution in [2.75, 3.05) is 13.2 Å². The van der Waals surface area contributed by atoms with Gasteiger partial charge >= 0.3 is 0 Å². The molecule has 3 N–H and O–H groups in total. The van der Waals surface area contributed by atoms with E-state index in [1.54, 1.807) is 30.3 Å². The summed E-state index contributed by atoms with van der Waals surface area (Å²) >= 11 is 0. The second kappa shape index (κ2) is 6.86. The number of nitrogens with zero attached hydrogens (tertiary/aromatic N) is 1. The number of fused-ring (bicyclic) bond motifs is 1. The normalized spacial score (nSPS) is 21.3. The van der Waals surface area contributed by atoms with Crippen LogP contribution in [0.25, 0.3) is 6.08 Å². The highest BCUT2D eigenvalue weighted by atomic mass is 16.3. The second-order valence-corrected chi connectivity index (χ2v) is 6.28. The molecule has 0 fully saturated rings. The summed E-state index contributed by atoms with van der Waals surface area (Å²) in [5.41, 5.74) is 1.31. The molecule has 4 rings (SSSR count). The molecule has 7 heteroatoms. The maximum atomic E-state index is 13.1. The summed E-state index contributed by atoms with van der Waals surface area (Å²) in [4.78, 5) is 1.50. The Hall–Kier alpha value is -3.16. The Balaban J connectivity index is 1.83. The zero-order valence-electron chi connectivity index (χ0n) is 14.3. The fourth-order valence-electron chi connectivity index (χ4n) is 3.50. The lowest BCUT2D eigenvalue weighted by atomic mass is 9.96. The Morgan fingerprint density at radius 3 is 2.52 bits per heavy atom.